The molecule has 0 heterocycles. The second-order valence-corrected chi connectivity index (χ2v) is 5.54. The molecule has 3 aromatic rings. The maximum absolute atomic E-state index is 12.1. The number of phenols is 1. The van der Waals surface area contributed by atoms with Crippen molar-refractivity contribution in [2.24, 2.45) is 0 Å². The molecule has 0 aliphatic carbocycles. The van der Waals surface area contributed by atoms with Gasteiger partial charge in [-0.05, 0) is 54.3 Å². The first-order valence-corrected chi connectivity index (χ1v) is 7.01. The summed E-state index contributed by atoms with van der Waals surface area (Å²) in [5.41, 5.74) is 0.476. The van der Waals surface area contributed by atoms with Crippen LogP contribution < -0.4 is 5.32 Å². The summed E-state index contributed by atoms with van der Waals surface area (Å²) in [4.78, 5) is 12.1. The van der Waals surface area contributed by atoms with E-state index in [9.17, 15) is 9.90 Å². The Morgan fingerprint density at radius 1 is 1.00 bits per heavy atom. The summed E-state index contributed by atoms with van der Waals surface area (Å²) in [5.74, 6) is -0.0393. The van der Waals surface area contributed by atoms with Gasteiger partial charge in [0.15, 0.2) is 0 Å². The number of benzene rings is 3. The molecule has 21 heavy (non-hydrogen) atoms. The van der Waals surface area contributed by atoms with Gasteiger partial charge in [0.05, 0.1) is 0 Å². The van der Waals surface area contributed by atoms with Crippen LogP contribution in [0.5, 0.6) is 5.75 Å². The molecule has 0 atom stereocenters. The highest BCUT2D eigenvalue weighted by Crippen LogP contribution is 2.30. The molecule has 0 unspecified atom stereocenters. The van der Waals surface area contributed by atoms with Crippen LogP contribution in [0.1, 0.15) is 24.2 Å². The SMILES string of the molecule is CC(C)NC(=O)c1cc(O)c2cc3ccccc3cc2c1. The predicted octanol–water partition coefficient (Wildman–Crippen LogP) is 3.84. The van der Waals surface area contributed by atoms with Crippen LogP contribution in [0.2, 0.25) is 0 Å². The van der Waals surface area contributed by atoms with E-state index < -0.39 is 0 Å². The lowest BCUT2D eigenvalue weighted by atomic mass is 10.0. The molecular formula is C18H17NO2. The minimum absolute atomic E-state index is 0.0620. The highest BCUT2D eigenvalue weighted by atomic mass is 16.3. The fraction of sp³-hybridized carbons (Fsp3) is 0.167. The fourth-order valence-electron chi connectivity index (χ4n) is 2.51. The first kappa shape index (κ1) is 13.4. The summed E-state index contributed by atoms with van der Waals surface area (Å²) in [6.07, 6.45) is 0. The fourth-order valence-corrected chi connectivity index (χ4v) is 2.51. The van der Waals surface area contributed by atoms with Crippen molar-refractivity contribution < 1.29 is 9.90 Å². The molecule has 0 saturated heterocycles. The largest absolute Gasteiger partial charge is 0.507 e. The lowest BCUT2D eigenvalue weighted by Gasteiger charge is -2.11. The van der Waals surface area contributed by atoms with Crippen molar-refractivity contribution in [1.82, 2.24) is 5.32 Å². The van der Waals surface area contributed by atoms with Crippen LogP contribution >= 0.6 is 0 Å². The number of fused-ring (bicyclic) bond motifs is 2. The maximum atomic E-state index is 12.1. The summed E-state index contributed by atoms with van der Waals surface area (Å²) in [5, 5.41) is 16.8. The van der Waals surface area contributed by atoms with E-state index in [2.05, 4.69) is 5.32 Å². The van der Waals surface area contributed by atoms with Gasteiger partial charge in [-0.1, -0.05) is 24.3 Å². The highest BCUT2D eigenvalue weighted by molar-refractivity contribution is 6.05. The lowest BCUT2D eigenvalue weighted by Crippen LogP contribution is -2.29. The van der Waals surface area contributed by atoms with Crippen LogP contribution in [0, 0.1) is 0 Å². The molecule has 0 fully saturated rings. The Morgan fingerprint density at radius 3 is 2.33 bits per heavy atom. The Balaban J connectivity index is 2.18. The minimum atomic E-state index is -0.171. The number of carbonyl (C=O) groups is 1. The molecule has 3 rings (SSSR count). The van der Waals surface area contributed by atoms with E-state index in [0.717, 1.165) is 21.5 Å². The number of hydrogen-bond donors (Lipinski definition) is 2. The standard InChI is InChI=1S/C18H17NO2/c1-11(2)19-18(21)15-8-14-7-12-5-3-4-6-13(12)9-16(14)17(20)10-15/h3-11,20H,1-2H3,(H,19,21). The van der Waals surface area contributed by atoms with Gasteiger partial charge in [0.2, 0.25) is 0 Å². The van der Waals surface area contributed by atoms with Crippen molar-refractivity contribution in [2.45, 2.75) is 19.9 Å². The predicted molar refractivity (Wildman–Crippen MR) is 85.7 cm³/mol. The molecular weight excluding hydrogens is 262 g/mol. The number of aromatic hydroxyl groups is 1. The van der Waals surface area contributed by atoms with Crippen molar-refractivity contribution in [2.75, 3.05) is 0 Å². The molecule has 3 heteroatoms. The van der Waals surface area contributed by atoms with Crippen molar-refractivity contribution in [3.05, 3.63) is 54.1 Å². The average molecular weight is 279 g/mol. The number of amides is 1. The van der Waals surface area contributed by atoms with Crippen molar-refractivity contribution in [3.8, 4) is 5.75 Å². The summed E-state index contributed by atoms with van der Waals surface area (Å²) >= 11 is 0. The lowest BCUT2D eigenvalue weighted by molar-refractivity contribution is 0.0943. The van der Waals surface area contributed by atoms with Crippen LogP contribution in [-0.4, -0.2) is 17.1 Å². The monoisotopic (exact) mass is 279 g/mol. The van der Waals surface area contributed by atoms with Crippen molar-refractivity contribution >= 4 is 27.5 Å². The van der Waals surface area contributed by atoms with Gasteiger partial charge in [0.25, 0.3) is 5.91 Å². The van der Waals surface area contributed by atoms with E-state index in [1.807, 2.05) is 56.3 Å². The van der Waals surface area contributed by atoms with E-state index in [-0.39, 0.29) is 17.7 Å². The summed E-state index contributed by atoms with van der Waals surface area (Å²) in [7, 11) is 0. The number of phenolic OH excluding ortho intramolecular Hbond substituents is 1. The maximum Gasteiger partial charge on any atom is 0.251 e. The molecule has 0 aliphatic rings. The van der Waals surface area contributed by atoms with Crippen LogP contribution in [0.3, 0.4) is 0 Å². The molecule has 3 aromatic carbocycles. The van der Waals surface area contributed by atoms with E-state index in [1.165, 1.54) is 6.07 Å². The van der Waals surface area contributed by atoms with E-state index in [0.29, 0.717) is 5.56 Å². The van der Waals surface area contributed by atoms with Gasteiger partial charge in [-0.25, -0.2) is 0 Å². The first-order chi connectivity index (χ1) is 10.0. The van der Waals surface area contributed by atoms with Gasteiger partial charge in [-0.15, -0.1) is 0 Å². The molecule has 0 saturated carbocycles. The molecule has 0 spiro atoms. The van der Waals surface area contributed by atoms with Gasteiger partial charge < -0.3 is 10.4 Å². The van der Waals surface area contributed by atoms with Crippen LogP contribution in [0.25, 0.3) is 21.5 Å². The quantitative estimate of drug-likeness (QED) is 0.700. The van der Waals surface area contributed by atoms with Crippen LogP contribution in [0.15, 0.2) is 48.5 Å². The Kier molecular flexibility index (Phi) is 3.26. The zero-order chi connectivity index (χ0) is 15.0. The van der Waals surface area contributed by atoms with Crippen LogP contribution in [0.4, 0.5) is 0 Å². The molecule has 2 N–H and O–H groups in total. The molecule has 3 nitrogen and oxygen atoms in total. The van der Waals surface area contributed by atoms with Gasteiger partial charge in [-0.2, -0.15) is 0 Å². The van der Waals surface area contributed by atoms with Gasteiger partial charge in [0.1, 0.15) is 5.75 Å². The Bertz CT molecular complexity index is 837. The molecule has 0 aromatic heterocycles. The van der Waals surface area contributed by atoms with E-state index >= 15 is 0 Å². The van der Waals surface area contributed by atoms with Crippen molar-refractivity contribution in [3.63, 3.8) is 0 Å². The van der Waals surface area contributed by atoms with Gasteiger partial charge in [0, 0.05) is 17.0 Å². The zero-order valence-corrected chi connectivity index (χ0v) is 12.1. The Labute approximate surface area is 123 Å². The highest BCUT2D eigenvalue weighted by Gasteiger charge is 2.11. The minimum Gasteiger partial charge on any atom is -0.507 e. The Morgan fingerprint density at radius 2 is 1.67 bits per heavy atom. The molecule has 0 radical (unpaired) electrons. The van der Waals surface area contributed by atoms with Crippen LogP contribution in [-0.2, 0) is 0 Å². The third kappa shape index (κ3) is 2.55. The second kappa shape index (κ2) is 5.09. The number of carbonyl (C=O) groups excluding carboxylic acids is 1. The molecule has 0 aliphatic heterocycles. The Hall–Kier alpha value is -2.55. The number of rotatable bonds is 2. The van der Waals surface area contributed by atoms with Gasteiger partial charge in [-0.3, -0.25) is 4.79 Å². The smallest absolute Gasteiger partial charge is 0.251 e. The molecule has 106 valence electrons. The van der Waals surface area contributed by atoms with E-state index in [1.54, 1.807) is 0 Å². The molecule has 1 amide bonds. The third-order valence-electron chi connectivity index (χ3n) is 3.48. The number of nitrogens with one attached hydrogen (secondary N) is 1. The summed E-state index contributed by atoms with van der Waals surface area (Å²) in [6.45, 7) is 3.82. The normalized spacial score (nSPS) is 11.2. The van der Waals surface area contributed by atoms with E-state index in [4.69, 9.17) is 0 Å². The molecule has 0 bridgehead atoms. The third-order valence-corrected chi connectivity index (χ3v) is 3.48. The second-order valence-electron chi connectivity index (χ2n) is 5.54. The zero-order valence-electron chi connectivity index (χ0n) is 12.1. The van der Waals surface area contributed by atoms with Crippen molar-refractivity contribution in [1.29, 1.82) is 0 Å². The summed E-state index contributed by atoms with van der Waals surface area (Å²) in [6, 6.07) is 15.3. The topological polar surface area (TPSA) is 49.3 Å². The summed E-state index contributed by atoms with van der Waals surface area (Å²) < 4.78 is 0. The van der Waals surface area contributed by atoms with Gasteiger partial charge >= 0.3 is 0 Å². The first-order valence-electron chi connectivity index (χ1n) is 7.01. The number of hydrogen-bond acceptors (Lipinski definition) is 2. The average Bonchev–Trinajstić information content (AvgIpc) is 2.44.